The molecule has 6 heteroatoms. The lowest BCUT2D eigenvalue weighted by molar-refractivity contribution is -0.128. The van der Waals surface area contributed by atoms with Crippen LogP contribution in [0.15, 0.2) is 48.5 Å². The minimum absolute atomic E-state index is 0.220. The number of nitrogens with zero attached hydrogens (tertiary/aromatic N) is 2. The highest BCUT2D eigenvalue weighted by Gasteiger charge is 2.23. The van der Waals surface area contributed by atoms with E-state index in [1.165, 1.54) is 0 Å². The Bertz CT molecular complexity index is 873. The maximum Gasteiger partial charge on any atom is 0.243 e. The first-order valence-electron chi connectivity index (χ1n) is 8.95. The Balaban J connectivity index is 2.15. The molecule has 0 unspecified atom stereocenters. The molecule has 146 valence electrons. The summed E-state index contributed by atoms with van der Waals surface area (Å²) in [6, 6.07) is 15.2. The van der Waals surface area contributed by atoms with Gasteiger partial charge in [0, 0.05) is 13.6 Å². The summed E-state index contributed by atoms with van der Waals surface area (Å²) in [6.45, 7) is 6.37. The van der Waals surface area contributed by atoms with Crippen molar-refractivity contribution in [1.82, 2.24) is 4.90 Å². The third kappa shape index (κ3) is 5.82. The fraction of sp³-hybridized carbons (Fsp3) is 0.381. The van der Waals surface area contributed by atoms with Crippen LogP contribution in [0, 0.1) is 6.92 Å². The van der Waals surface area contributed by atoms with Crippen LogP contribution in [-0.4, -0.2) is 39.1 Å². The minimum atomic E-state index is -3.57. The van der Waals surface area contributed by atoms with Crippen LogP contribution in [0.3, 0.4) is 0 Å². The zero-order valence-electron chi connectivity index (χ0n) is 16.6. The Labute approximate surface area is 162 Å². The van der Waals surface area contributed by atoms with Crippen LogP contribution >= 0.6 is 0 Å². The molecule has 0 atom stereocenters. The van der Waals surface area contributed by atoms with Crippen molar-refractivity contribution in [2.45, 2.75) is 33.2 Å². The van der Waals surface area contributed by atoms with Crippen molar-refractivity contribution in [3.63, 3.8) is 0 Å². The van der Waals surface area contributed by atoms with E-state index in [1.54, 1.807) is 24.1 Å². The molecule has 5 nitrogen and oxygen atoms in total. The lowest BCUT2D eigenvalue weighted by Gasteiger charge is -2.25. The Morgan fingerprint density at radius 2 is 1.56 bits per heavy atom. The van der Waals surface area contributed by atoms with Crippen molar-refractivity contribution in [1.29, 1.82) is 0 Å². The fourth-order valence-electron chi connectivity index (χ4n) is 2.72. The lowest BCUT2D eigenvalue weighted by atomic mass is 10.0. The molecule has 0 aliphatic rings. The van der Waals surface area contributed by atoms with Gasteiger partial charge in [0.05, 0.1) is 11.9 Å². The Morgan fingerprint density at radius 3 is 2.04 bits per heavy atom. The summed E-state index contributed by atoms with van der Waals surface area (Å²) in [5.74, 6) is 0.0990. The van der Waals surface area contributed by atoms with Crippen molar-refractivity contribution in [3.8, 4) is 0 Å². The van der Waals surface area contributed by atoms with E-state index in [-0.39, 0.29) is 12.5 Å². The number of hydrogen-bond donors (Lipinski definition) is 0. The number of benzene rings is 2. The van der Waals surface area contributed by atoms with Crippen LogP contribution in [0.1, 0.15) is 36.5 Å². The second kappa shape index (κ2) is 8.57. The second-order valence-electron chi connectivity index (χ2n) is 7.25. The van der Waals surface area contributed by atoms with E-state index >= 15 is 0 Å². The fourth-order valence-corrected chi connectivity index (χ4v) is 3.57. The van der Waals surface area contributed by atoms with Crippen LogP contribution in [0.25, 0.3) is 0 Å². The van der Waals surface area contributed by atoms with Gasteiger partial charge < -0.3 is 4.90 Å². The first kappa shape index (κ1) is 21.0. The van der Waals surface area contributed by atoms with Gasteiger partial charge >= 0.3 is 0 Å². The number of sulfonamides is 1. The monoisotopic (exact) mass is 388 g/mol. The Hall–Kier alpha value is -2.34. The van der Waals surface area contributed by atoms with Crippen LogP contribution in [0.4, 0.5) is 5.69 Å². The number of hydrogen-bond acceptors (Lipinski definition) is 3. The van der Waals surface area contributed by atoms with E-state index < -0.39 is 10.0 Å². The smallest absolute Gasteiger partial charge is 0.243 e. The molecule has 1 amide bonds. The van der Waals surface area contributed by atoms with E-state index in [1.807, 2.05) is 43.3 Å². The quantitative estimate of drug-likeness (QED) is 0.729. The molecule has 2 aromatic rings. The van der Waals surface area contributed by atoms with Gasteiger partial charge in [-0.1, -0.05) is 55.8 Å². The summed E-state index contributed by atoms with van der Waals surface area (Å²) >= 11 is 0. The standard InChI is InChI=1S/C21H28N2O3S/c1-16(2)19-10-12-20(13-11-19)23(27(5,25)26)15-21(24)22(4)14-18-8-6-17(3)7-9-18/h6-13,16H,14-15H2,1-5H3. The zero-order valence-corrected chi connectivity index (χ0v) is 17.5. The maximum atomic E-state index is 12.6. The zero-order chi connectivity index (χ0) is 20.2. The van der Waals surface area contributed by atoms with Crippen molar-refractivity contribution >= 4 is 21.6 Å². The molecule has 2 aromatic carbocycles. The van der Waals surface area contributed by atoms with Crippen molar-refractivity contribution in [3.05, 3.63) is 65.2 Å². The van der Waals surface area contributed by atoms with Crippen molar-refractivity contribution < 1.29 is 13.2 Å². The molecule has 0 radical (unpaired) electrons. The third-order valence-electron chi connectivity index (χ3n) is 4.49. The van der Waals surface area contributed by atoms with Gasteiger partial charge in [0.2, 0.25) is 15.9 Å². The molecular weight excluding hydrogens is 360 g/mol. The SMILES string of the molecule is Cc1ccc(CN(C)C(=O)CN(c2ccc(C(C)C)cc2)S(C)(=O)=O)cc1. The number of carbonyl (C=O) groups is 1. The number of carbonyl (C=O) groups excluding carboxylic acids is 1. The largest absolute Gasteiger partial charge is 0.340 e. The molecule has 0 spiro atoms. The molecule has 0 heterocycles. The highest BCUT2D eigenvalue weighted by molar-refractivity contribution is 7.92. The summed E-state index contributed by atoms with van der Waals surface area (Å²) < 4.78 is 25.7. The molecule has 27 heavy (non-hydrogen) atoms. The average Bonchev–Trinajstić information content (AvgIpc) is 2.60. The molecule has 0 N–H and O–H groups in total. The van der Waals surface area contributed by atoms with Crippen LogP contribution < -0.4 is 4.31 Å². The van der Waals surface area contributed by atoms with Gasteiger partial charge in [0.1, 0.15) is 6.54 Å². The van der Waals surface area contributed by atoms with E-state index in [0.29, 0.717) is 18.2 Å². The first-order valence-corrected chi connectivity index (χ1v) is 10.8. The van der Waals surface area contributed by atoms with Gasteiger partial charge in [0.25, 0.3) is 0 Å². The van der Waals surface area contributed by atoms with Gasteiger partial charge in [-0.15, -0.1) is 0 Å². The summed E-state index contributed by atoms with van der Waals surface area (Å²) in [7, 11) is -1.89. The highest BCUT2D eigenvalue weighted by Crippen LogP contribution is 2.22. The molecule has 0 aromatic heterocycles. The van der Waals surface area contributed by atoms with Crippen molar-refractivity contribution in [2.75, 3.05) is 24.2 Å². The summed E-state index contributed by atoms with van der Waals surface area (Å²) in [4.78, 5) is 14.2. The number of aryl methyl sites for hydroxylation is 1. The maximum absolute atomic E-state index is 12.6. The molecule has 0 aliphatic carbocycles. The number of likely N-dealkylation sites (N-methyl/N-ethyl adjacent to an activating group) is 1. The molecule has 0 fully saturated rings. The van der Waals surface area contributed by atoms with Gasteiger partial charge in [0.15, 0.2) is 0 Å². The average molecular weight is 389 g/mol. The number of amides is 1. The molecule has 0 bridgehead atoms. The van der Waals surface area contributed by atoms with Crippen molar-refractivity contribution in [2.24, 2.45) is 0 Å². The molecule has 0 aliphatic heterocycles. The second-order valence-corrected chi connectivity index (χ2v) is 9.16. The minimum Gasteiger partial charge on any atom is -0.340 e. The predicted octanol–water partition coefficient (Wildman–Crippen LogP) is 3.54. The van der Waals surface area contributed by atoms with E-state index in [0.717, 1.165) is 27.3 Å². The van der Waals surface area contributed by atoms with Crippen LogP contribution in [0.5, 0.6) is 0 Å². The molecular formula is C21H28N2O3S. The van der Waals surface area contributed by atoms with E-state index in [2.05, 4.69) is 13.8 Å². The number of anilines is 1. The first-order chi connectivity index (χ1) is 12.6. The summed E-state index contributed by atoms with van der Waals surface area (Å²) in [6.07, 6.45) is 1.12. The Kier molecular flexibility index (Phi) is 6.65. The van der Waals surface area contributed by atoms with E-state index in [9.17, 15) is 13.2 Å². The van der Waals surface area contributed by atoms with Gasteiger partial charge in [-0.05, 0) is 36.1 Å². The topological polar surface area (TPSA) is 57.7 Å². The van der Waals surface area contributed by atoms with Gasteiger partial charge in [-0.2, -0.15) is 0 Å². The summed E-state index contributed by atoms with van der Waals surface area (Å²) in [5, 5.41) is 0. The molecule has 0 saturated heterocycles. The number of rotatable bonds is 7. The normalized spacial score (nSPS) is 11.5. The Morgan fingerprint density at radius 1 is 1.00 bits per heavy atom. The van der Waals surface area contributed by atoms with Gasteiger partial charge in [-0.3, -0.25) is 9.10 Å². The molecule has 2 rings (SSSR count). The van der Waals surface area contributed by atoms with Crippen LogP contribution in [-0.2, 0) is 21.4 Å². The third-order valence-corrected chi connectivity index (χ3v) is 5.63. The van der Waals surface area contributed by atoms with E-state index in [4.69, 9.17) is 0 Å². The molecule has 0 saturated carbocycles. The predicted molar refractivity (Wildman–Crippen MR) is 110 cm³/mol. The van der Waals surface area contributed by atoms with Crippen LogP contribution in [0.2, 0.25) is 0 Å². The lowest BCUT2D eigenvalue weighted by Crippen LogP contribution is -2.41. The summed E-state index contributed by atoms with van der Waals surface area (Å²) in [5.41, 5.74) is 3.78. The highest BCUT2D eigenvalue weighted by atomic mass is 32.2. The van der Waals surface area contributed by atoms with Gasteiger partial charge in [-0.25, -0.2) is 8.42 Å².